The maximum atomic E-state index is 13.9. The molecule has 2 heterocycles. The average Bonchev–Trinajstić information content (AvgIpc) is 3.22. The molecule has 11 heteroatoms. The topological polar surface area (TPSA) is 85.4 Å². The SMILES string of the molecule is C=S(C)(=O)Nc1cc(SCF)c2c(Nc3ccc(F)cc3OC3CCOC3)ncnc2c1. The highest BCUT2D eigenvalue weighted by molar-refractivity contribution is 8.00. The summed E-state index contributed by atoms with van der Waals surface area (Å²) in [6.45, 7) is 1.03. The molecule has 170 valence electrons. The number of ether oxygens (including phenoxy) is 2. The van der Waals surface area contributed by atoms with E-state index in [9.17, 15) is 13.0 Å². The summed E-state index contributed by atoms with van der Waals surface area (Å²) in [5.74, 6) is 3.89. The third-order valence-electron chi connectivity index (χ3n) is 4.62. The maximum Gasteiger partial charge on any atom is 0.146 e. The zero-order valence-electron chi connectivity index (χ0n) is 17.3. The van der Waals surface area contributed by atoms with Crippen molar-refractivity contribution < 1.29 is 22.5 Å². The molecule has 0 radical (unpaired) electrons. The fourth-order valence-corrected chi connectivity index (χ4v) is 4.63. The number of hydrogen-bond donors (Lipinski definition) is 2. The molecule has 7 nitrogen and oxygen atoms in total. The molecule has 1 fully saturated rings. The van der Waals surface area contributed by atoms with Gasteiger partial charge < -0.3 is 19.5 Å². The normalized spacial score (nSPS) is 17.8. The lowest BCUT2D eigenvalue weighted by Gasteiger charge is -2.18. The molecule has 3 aromatic rings. The second-order valence-electron chi connectivity index (χ2n) is 7.32. The van der Waals surface area contributed by atoms with Gasteiger partial charge in [0.1, 0.15) is 35.8 Å². The molecule has 2 aromatic carbocycles. The summed E-state index contributed by atoms with van der Waals surface area (Å²) in [5, 5.41) is 3.75. The lowest BCUT2D eigenvalue weighted by atomic mass is 10.2. The molecule has 0 spiro atoms. The van der Waals surface area contributed by atoms with E-state index in [1.807, 2.05) is 0 Å². The number of fused-ring (bicyclic) bond motifs is 1. The molecule has 4 rings (SSSR count). The highest BCUT2D eigenvalue weighted by Crippen LogP contribution is 2.37. The first-order valence-corrected chi connectivity index (χ1v) is 12.8. The standard InChI is InChI=1S/C21H22F2N4O3S2/c1-32(2,28)27-14-8-17-20(19(9-14)31-11-22)21(25-12-24-17)26-16-4-3-13(23)7-18(16)30-15-5-6-29-10-15/h3-4,7-9,12,15H,1,5-6,10-11H2,2H3,(H,27,28)(H,24,25,26). The molecule has 0 saturated carbocycles. The Kier molecular flexibility index (Phi) is 6.68. The Labute approximate surface area is 189 Å². The quantitative estimate of drug-likeness (QED) is 0.366. The predicted octanol–water partition coefficient (Wildman–Crippen LogP) is 4.37. The third-order valence-corrected chi connectivity index (χ3v) is 6.03. The van der Waals surface area contributed by atoms with E-state index >= 15 is 0 Å². The van der Waals surface area contributed by atoms with Gasteiger partial charge in [-0.2, -0.15) is 0 Å². The van der Waals surface area contributed by atoms with Gasteiger partial charge >= 0.3 is 0 Å². The number of rotatable bonds is 8. The van der Waals surface area contributed by atoms with E-state index in [0.717, 1.165) is 11.8 Å². The molecule has 0 amide bonds. The largest absolute Gasteiger partial charge is 0.486 e. The molecule has 2 atom stereocenters. The minimum Gasteiger partial charge on any atom is -0.486 e. The molecule has 1 aromatic heterocycles. The fourth-order valence-electron chi connectivity index (χ4n) is 3.34. The smallest absolute Gasteiger partial charge is 0.146 e. The van der Waals surface area contributed by atoms with Crippen LogP contribution in [0.25, 0.3) is 10.9 Å². The van der Waals surface area contributed by atoms with Crippen LogP contribution in [0.1, 0.15) is 6.42 Å². The van der Waals surface area contributed by atoms with Crippen LogP contribution >= 0.6 is 11.8 Å². The highest BCUT2D eigenvalue weighted by Gasteiger charge is 2.20. The fraction of sp³-hybridized carbons (Fsp3) is 0.286. The summed E-state index contributed by atoms with van der Waals surface area (Å²) >= 11 is 0.955. The summed E-state index contributed by atoms with van der Waals surface area (Å²) < 4.78 is 53.4. The van der Waals surface area contributed by atoms with Crippen LogP contribution in [0.15, 0.2) is 41.6 Å². The van der Waals surface area contributed by atoms with Gasteiger partial charge in [0, 0.05) is 39.0 Å². The maximum absolute atomic E-state index is 13.9. The van der Waals surface area contributed by atoms with E-state index in [0.29, 0.717) is 58.4 Å². The minimum atomic E-state index is -2.53. The summed E-state index contributed by atoms with van der Waals surface area (Å²) in [5.41, 5.74) is 1.53. The van der Waals surface area contributed by atoms with Crippen molar-refractivity contribution in [3.8, 4) is 5.75 Å². The van der Waals surface area contributed by atoms with Crippen molar-refractivity contribution >= 4 is 55.4 Å². The van der Waals surface area contributed by atoms with Crippen molar-refractivity contribution in [2.75, 3.05) is 35.5 Å². The first kappa shape index (κ1) is 22.6. The second kappa shape index (κ2) is 9.47. The van der Waals surface area contributed by atoms with Crippen molar-refractivity contribution in [1.82, 2.24) is 9.97 Å². The predicted molar refractivity (Wildman–Crippen MR) is 126 cm³/mol. The zero-order chi connectivity index (χ0) is 22.7. The summed E-state index contributed by atoms with van der Waals surface area (Å²) in [7, 11) is -2.53. The minimum absolute atomic E-state index is 0.169. The van der Waals surface area contributed by atoms with E-state index in [-0.39, 0.29) is 6.10 Å². The Hall–Kier alpha value is -2.63. The van der Waals surface area contributed by atoms with Crippen molar-refractivity contribution in [3.63, 3.8) is 0 Å². The number of benzene rings is 2. The number of nitrogens with one attached hydrogen (secondary N) is 2. The Balaban J connectivity index is 1.75. The summed E-state index contributed by atoms with van der Waals surface area (Å²) in [6, 6.07) is 6.86. The number of halogens is 2. The number of aromatic nitrogens is 2. The van der Waals surface area contributed by atoms with Gasteiger partial charge in [0.15, 0.2) is 0 Å². The third kappa shape index (κ3) is 5.40. The summed E-state index contributed by atoms with van der Waals surface area (Å²) in [6.07, 6.45) is 3.38. The number of alkyl halides is 1. The lowest BCUT2D eigenvalue weighted by Crippen LogP contribution is -2.16. The van der Waals surface area contributed by atoms with E-state index in [1.54, 1.807) is 18.2 Å². The Bertz CT molecular complexity index is 1240. The van der Waals surface area contributed by atoms with Gasteiger partial charge in [0.05, 0.1) is 29.8 Å². The van der Waals surface area contributed by atoms with Gasteiger partial charge in [0.25, 0.3) is 0 Å². The summed E-state index contributed by atoms with van der Waals surface area (Å²) in [4.78, 5) is 9.16. The van der Waals surface area contributed by atoms with Crippen LogP contribution in [-0.4, -0.2) is 51.6 Å². The Morgan fingerprint density at radius 3 is 2.91 bits per heavy atom. The monoisotopic (exact) mass is 480 g/mol. The first-order chi connectivity index (χ1) is 15.3. The molecule has 2 N–H and O–H groups in total. The first-order valence-electron chi connectivity index (χ1n) is 9.71. The molecule has 1 aliphatic heterocycles. The van der Waals surface area contributed by atoms with E-state index in [2.05, 4.69) is 25.9 Å². The number of anilines is 3. The number of nitrogens with zero attached hydrogens (tertiary/aromatic N) is 2. The van der Waals surface area contributed by atoms with Crippen LogP contribution in [0.2, 0.25) is 0 Å². The van der Waals surface area contributed by atoms with Crippen LogP contribution in [0.5, 0.6) is 5.75 Å². The van der Waals surface area contributed by atoms with Gasteiger partial charge in [-0.15, -0.1) is 0 Å². The molecule has 32 heavy (non-hydrogen) atoms. The van der Waals surface area contributed by atoms with Gasteiger partial charge in [0.2, 0.25) is 0 Å². The van der Waals surface area contributed by atoms with Crippen molar-refractivity contribution in [2.45, 2.75) is 17.4 Å². The molecule has 1 aliphatic rings. The van der Waals surface area contributed by atoms with Gasteiger partial charge in [-0.1, -0.05) is 11.8 Å². The van der Waals surface area contributed by atoms with Crippen molar-refractivity contribution in [3.05, 3.63) is 42.5 Å². The lowest BCUT2D eigenvalue weighted by molar-refractivity contribution is 0.141. The Morgan fingerprint density at radius 1 is 1.34 bits per heavy atom. The van der Waals surface area contributed by atoms with E-state index in [1.165, 1.54) is 24.7 Å². The average molecular weight is 481 g/mol. The van der Waals surface area contributed by atoms with Gasteiger partial charge in [-0.25, -0.2) is 23.0 Å². The second-order valence-corrected chi connectivity index (χ2v) is 10.5. The highest BCUT2D eigenvalue weighted by atomic mass is 32.2. The van der Waals surface area contributed by atoms with Crippen LogP contribution in [0.4, 0.5) is 26.0 Å². The van der Waals surface area contributed by atoms with Gasteiger partial charge in [-0.05, 0) is 30.1 Å². The van der Waals surface area contributed by atoms with Gasteiger partial charge in [-0.3, -0.25) is 0 Å². The molecule has 1 saturated heterocycles. The van der Waals surface area contributed by atoms with E-state index < -0.39 is 21.5 Å². The molecule has 0 bridgehead atoms. The molecule has 2 unspecified atom stereocenters. The van der Waals surface area contributed by atoms with Crippen LogP contribution < -0.4 is 14.8 Å². The van der Waals surface area contributed by atoms with Crippen LogP contribution in [0, 0.1) is 5.82 Å². The van der Waals surface area contributed by atoms with Crippen LogP contribution in [0.3, 0.4) is 0 Å². The van der Waals surface area contributed by atoms with E-state index in [4.69, 9.17) is 9.47 Å². The van der Waals surface area contributed by atoms with Crippen molar-refractivity contribution in [2.24, 2.45) is 0 Å². The molecule has 0 aliphatic carbocycles. The number of thioether (sulfide) groups is 1. The molecular weight excluding hydrogens is 458 g/mol. The van der Waals surface area contributed by atoms with Crippen LogP contribution in [-0.2, 0) is 14.4 Å². The Morgan fingerprint density at radius 2 is 2.19 bits per heavy atom. The number of hydrogen-bond acceptors (Lipinski definition) is 7. The zero-order valence-corrected chi connectivity index (χ0v) is 18.9. The van der Waals surface area contributed by atoms with Crippen molar-refractivity contribution in [1.29, 1.82) is 0 Å². The molecular formula is C21H22F2N4O3S2.